The molecule has 0 aromatic heterocycles. The van der Waals surface area contributed by atoms with Crippen molar-refractivity contribution in [3.63, 3.8) is 0 Å². The van der Waals surface area contributed by atoms with Crippen LogP contribution in [0.2, 0.25) is 0 Å². The van der Waals surface area contributed by atoms with E-state index >= 15 is 0 Å². The highest BCUT2D eigenvalue weighted by molar-refractivity contribution is 9.09. The molecule has 0 atom stereocenters. The maximum Gasteiger partial charge on any atom is 0.407 e. The molecule has 1 rings (SSSR count). The number of halogens is 1. The average molecular weight is 223 g/mol. The molecule has 5 heteroatoms. The molecule has 0 spiro atoms. The molecule has 0 radical (unpaired) electrons. The van der Waals surface area contributed by atoms with E-state index in [9.17, 15) is 4.79 Å². The van der Waals surface area contributed by atoms with Gasteiger partial charge in [-0.05, 0) is 0 Å². The zero-order chi connectivity index (χ0) is 8.27. The maximum atomic E-state index is 10.4. The highest BCUT2D eigenvalue weighted by atomic mass is 79.9. The first kappa shape index (κ1) is 8.80. The van der Waals surface area contributed by atoms with Crippen LogP contribution < -0.4 is 0 Å². The molecule has 1 fully saturated rings. The molecular formula is C6H11BrN2O2. The Balaban J connectivity index is 2.30. The van der Waals surface area contributed by atoms with Gasteiger partial charge in [0.2, 0.25) is 0 Å². The lowest BCUT2D eigenvalue weighted by molar-refractivity contribution is 0.113. The summed E-state index contributed by atoms with van der Waals surface area (Å²) in [6.45, 7) is 2.91. The van der Waals surface area contributed by atoms with Crippen molar-refractivity contribution in [1.29, 1.82) is 0 Å². The lowest BCUT2D eigenvalue weighted by Crippen LogP contribution is -2.47. The second-order valence-electron chi connectivity index (χ2n) is 2.51. The quantitative estimate of drug-likeness (QED) is 0.523. The summed E-state index contributed by atoms with van der Waals surface area (Å²) in [7, 11) is 0. The van der Waals surface area contributed by atoms with Crippen LogP contribution in [0.4, 0.5) is 4.79 Å². The minimum Gasteiger partial charge on any atom is -0.465 e. The van der Waals surface area contributed by atoms with Gasteiger partial charge in [0.1, 0.15) is 0 Å². The van der Waals surface area contributed by atoms with E-state index in [1.165, 1.54) is 4.90 Å². The fraction of sp³-hybridized carbons (Fsp3) is 0.833. The summed E-state index contributed by atoms with van der Waals surface area (Å²) in [5.74, 6) is 0. The van der Waals surface area contributed by atoms with Gasteiger partial charge in [0, 0.05) is 26.2 Å². The van der Waals surface area contributed by atoms with Gasteiger partial charge in [0.05, 0.1) is 5.45 Å². The van der Waals surface area contributed by atoms with Crippen LogP contribution in [-0.2, 0) is 0 Å². The minimum absolute atomic E-state index is 0.626. The molecule has 0 aliphatic carbocycles. The topological polar surface area (TPSA) is 43.8 Å². The summed E-state index contributed by atoms with van der Waals surface area (Å²) in [6, 6.07) is 0. The number of carboxylic acid groups (broad SMARTS) is 1. The Morgan fingerprint density at radius 2 is 1.91 bits per heavy atom. The molecule has 0 aromatic carbocycles. The van der Waals surface area contributed by atoms with Gasteiger partial charge in [0.15, 0.2) is 0 Å². The smallest absolute Gasteiger partial charge is 0.407 e. The van der Waals surface area contributed by atoms with Crippen molar-refractivity contribution in [3.8, 4) is 0 Å². The molecule has 0 aromatic rings. The Labute approximate surface area is 73.9 Å². The van der Waals surface area contributed by atoms with Gasteiger partial charge in [-0.15, -0.1) is 0 Å². The van der Waals surface area contributed by atoms with E-state index in [2.05, 4.69) is 20.8 Å². The van der Waals surface area contributed by atoms with E-state index < -0.39 is 6.09 Å². The van der Waals surface area contributed by atoms with Gasteiger partial charge in [-0.25, -0.2) is 4.79 Å². The summed E-state index contributed by atoms with van der Waals surface area (Å²) in [4.78, 5) is 14.1. The minimum atomic E-state index is -0.806. The molecule has 1 amide bonds. The Bertz CT molecular complexity index is 146. The molecule has 0 bridgehead atoms. The summed E-state index contributed by atoms with van der Waals surface area (Å²) in [5, 5.41) is 8.59. The monoisotopic (exact) mass is 222 g/mol. The third-order valence-electron chi connectivity index (χ3n) is 1.81. The van der Waals surface area contributed by atoms with Gasteiger partial charge in [0.25, 0.3) is 0 Å². The van der Waals surface area contributed by atoms with E-state index in [1.54, 1.807) is 0 Å². The van der Waals surface area contributed by atoms with Crippen LogP contribution in [0.3, 0.4) is 0 Å². The number of nitrogens with zero attached hydrogens (tertiary/aromatic N) is 2. The standard InChI is InChI=1S/C6H11BrN2O2/c7-5-8-1-3-9(4-2-8)6(10)11/h1-5H2,(H,10,11). The third kappa shape index (κ3) is 2.34. The molecule has 0 unspecified atom stereocenters. The number of hydrogen-bond acceptors (Lipinski definition) is 2. The summed E-state index contributed by atoms with van der Waals surface area (Å²) < 4.78 is 0. The highest BCUT2D eigenvalue weighted by Crippen LogP contribution is 2.02. The zero-order valence-corrected chi connectivity index (χ0v) is 7.75. The fourth-order valence-electron chi connectivity index (χ4n) is 1.06. The highest BCUT2D eigenvalue weighted by Gasteiger charge is 2.18. The van der Waals surface area contributed by atoms with Crippen molar-refractivity contribution in [3.05, 3.63) is 0 Å². The molecule has 64 valence electrons. The van der Waals surface area contributed by atoms with Crippen molar-refractivity contribution in [1.82, 2.24) is 9.80 Å². The van der Waals surface area contributed by atoms with E-state index in [4.69, 9.17) is 5.11 Å². The van der Waals surface area contributed by atoms with E-state index in [0.717, 1.165) is 18.5 Å². The predicted molar refractivity (Wildman–Crippen MR) is 45.0 cm³/mol. The van der Waals surface area contributed by atoms with Crippen LogP contribution in [0.1, 0.15) is 0 Å². The first-order valence-corrected chi connectivity index (χ1v) is 4.62. The van der Waals surface area contributed by atoms with E-state index in [1.807, 2.05) is 0 Å². The van der Waals surface area contributed by atoms with Crippen LogP contribution in [0.5, 0.6) is 0 Å². The first-order valence-electron chi connectivity index (χ1n) is 3.50. The predicted octanol–water partition coefficient (Wildman–Crippen LogP) is 0.634. The second-order valence-corrected chi connectivity index (χ2v) is 3.01. The van der Waals surface area contributed by atoms with Gasteiger partial charge >= 0.3 is 6.09 Å². The van der Waals surface area contributed by atoms with Crippen LogP contribution in [0.25, 0.3) is 0 Å². The number of rotatable bonds is 1. The molecule has 4 nitrogen and oxygen atoms in total. The first-order chi connectivity index (χ1) is 5.24. The van der Waals surface area contributed by atoms with Crippen LogP contribution >= 0.6 is 15.9 Å². The van der Waals surface area contributed by atoms with E-state index in [-0.39, 0.29) is 0 Å². The largest absolute Gasteiger partial charge is 0.465 e. The van der Waals surface area contributed by atoms with Gasteiger partial charge in [-0.3, -0.25) is 4.90 Å². The molecule has 1 saturated heterocycles. The van der Waals surface area contributed by atoms with Crippen molar-refractivity contribution < 1.29 is 9.90 Å². The number of amides is 1. The molecular weight excluding hydrogens is 212 g/mol. The summed E-state index contributed by atoms with van der Waals surface area (Å²) in [5.41, 5.74) is 0.834. The molecule has 1 aliphatic rings. The maximum absolute atomic E-state index is 10.4. The van der Waals surface area contributed by atoms with Crippen molar-refractivity contribution >= 4 is 22.0 Å². The lowest BCUT2D eigenvalue weighted by Gasteiger charge is -2.31. The average Bonchev–Trinajstić information content (AvgIpc) is 2.05. The van der Waals surface area contributed by atoms with Gasteiger partial charge < -0.3 is 10.0 Å². The SMILES string of the molecule is O=C(O)N1CCN(CBr)CC1. The Morgan fingerprint density at radius 1 is 1.36 bits per heavy atom. The van der Waals surface area contributed by atoms with Gasteiger partial charge in [-0.1, -0.05) is 15.9 Å². The van der Waals surface area contributed by atoms with Crippen LogP contribution in [-0.4, -0.2) is 52.6 Å². The van der Waals surface area contributed by atoms with Gasteiger partial charge in [-0.2, -0.15) is 0 Å². The third-order valence-corrected chi connectivity index (χ3v) is 2.52. The van der Waals surface area contributed by atoms with Crippen LogP contribution in [0, 0.1) is 0 Å². The summed E-state index contributed by atoms with van der Waals surface area (Å²) >= 11 is 3.33. The number of hydrogen-bond donors (Lipinski definition) is 1. The van der Waals surface area contributed by atoms with Crippen molar-refractivity contribution in [2.75, 3.05) is 31.6 Å². The molecule has 1 aliphatic heterocycles. The lowest BCUT2D eigenvalue weighted by atomic mass is 10.3. The Morgan fingerprint density at radius 3 is 2.27 bits per heavy atom. The van der Waals surface area contributed by atoms with Crippen molar-refractivity contribution in [2.45, 2.75) is 0 Å². The number of carbonyl (C=O) groups is 1. The number of piperazine rings is 1. The zero-order valence-electron chi connectivity index (χ0n) is 6.16. The second kappa shape index (κ2) is 3.92. The molecule has 1 N–H and O–H groups in total. The number of alkyl halides is 1. The molecule has 0 saturated carbocycles. The Hall–Kier alpha value is -0.290. The normalized spacial score (nSPS) is 20.3. The van der Waals surface area contributed by atoms with Crippen LogP contribution in [0.15, 0.2) is 0 Å². The molecule has 1 heterocycles. The fourth-order valence-corrected chi connectivity index (χ4v) is 1.56. The summed E-state index contributed by atoms with van der Waals surface area (Å²) in [6.07, 6.45) is -0.806. The van der Waals surface area contributed by atoms with E-state index in [0.29, 0.717) is 13.1 Å². The van der Waals surface area contributed by atoms with Crippen molar-refractivity contribution in [2.24, 2.45) is 0 Å². The Kier molecular flexibility index (Phi) is 3.14. The molecule has 11 heavy (non-hydrogen) atoms.